The van der Waals surface area contributed by atoms with E-state index in [1.807, 2.05) is 23.5 Å². The summed E-state index contributed by atoms with van der Waals surface area (Å²) in [6, 6.07) is 10.6. The average Bonchev–Trinajstić information content (AvgIpc) is 2.96. The van der Waals surface area contributed by atoms with Crippen molar-refractivity contribution < 1.29 is 28.8 Å². The molecule has 7 heteroatoms. The Kier molecular flexibility index (Phi) is 5.71. The third-order valence-corrected chi connectivity index (χ3v) is 4.60. The van der Waals surface area contributed by atoms with Gasteiger partial charge in [0.15, 0.2) is 17.5 Å². The Morgan fingerprint density at radius 2 is 1.78 bits per heavy atom. The van der Waals surface area contributed by atoms with Gasteiger partial charge in [-0.15, -0.1) is 0 Å². The smallest absolute Gasteiger partial charge is 0.292 e. The van der Waals surface area contributed by atoms with Gasteiger partial charge in [-0.3, -0.25) is 9.59 Å². The number of hydrogen-bond acceptors (Lipinski definition) is 4. The molecule has 2 aromatic rings. The Hall–Kier alpha value is -2.93. The standard InChI is InChI=1S/C20H21FN2O4/c1-26-17-8-3-13(11-18(17)27-2)9-10-22-16-12-19(24)23(20(16)25)15-6-4-14(21)5-7-15/h3-8,11,16,22H,9-10,12H2,1-2H3/p+1. The zero-order valence-corrected chi connectivity index (χ0v) is 15.3. The molecule has 0 aliphatic carbocycles. The number of rotatable bonds is 7. The third kappa shape index (κ3) is 4.09. The average molecular weight is 373 g/mol. The summed E-state index contributed by atoms with van der Waals surface area (Å²) in [5.74, 6) is 0.384. The molecule has 27 heavy (non-hydrogen) atoms. The molecule has 0 radical (unpaired) electrons. The van der Waals surface area contributed by atoms with Crippen LogP contribution in [0.3, 0.4) is 0 Å². The van der Waals surface area contributed by atoms with Crippen LogP contribution < -0.4 is 19.7 Å². The molecule has 0 saturated carbocycles. The number of amides is 2. The highest BCUT2D eigenvalue weighted by Crippen LogP contribution is 2.27. The molecule has 1 aliphatic heterocycles. The molecule has 0 bridgehead atoms. The fourth-order valence-electron chi connectivity index (χ4n) is 3.19. The van der Waals surface area contributed by atoms with Gasteiger partial charge in [0.2, 0.25) is 5.91 Å². The monoisotopic (exact) mass is 373 g/mol. The number of nitrogens with two attached hydrogens (primary N) is 1. The zero-order chi connectivity index (χ0) is 19.4. The van der Waals surface area contributed by atoms with Crippen molar-refractivity contribution in [3.8, 4) is 11.5 Å². The number of methoxy groups -OCH3 is 2. The first-order chi connectivity index (χ1) is 13.0. The van der Waals surface area contributed by atoms with Gasteiger partial charge in [0.05, 0.1) is 32.9 Å². The predicted molar refractivity (Wildman–Crippen MR) is 97.3 cm³/mol. The zero-order valence-electron chi connectivity index (χ0n) is 15.3. The number of carbonyl (C=O) groups excluding carboxylic acids is 2. The molecule has 142 valence electrons. The van der Waals surface area contributed by atoms with E-state index in [1.54, 1.807) is 14.2 Å². The Balaban J connectivity index is 1.60. The number of ether oxygens (including phenoxy) is 2. The lowest BCUT2D eigenvalue weighted by Gasteiger charge is -2.14. The van der Waals surface area contributed by atoms with Crippen LogP contribution in [0.1, 0.15) is 12.0 Å². The maximum atomic E-state index is 13.1. The largest absolute Gasteiger partial charge is 0.493 e. The van der Waals surface area contributed by atoms with Crippen molar-refractivity contribution in [1.82, 2.24) is 0 Å². The van der Waals surface area contributed by atoms with Crippen molar-refractivity contribution in [2.45, 2.75) is 18.9 Å². The van der Waals surface area contributed by atoms with Crippen molar-refractivity contribution in [2.24, 2.45) is 0 Å². The Morgan fingerprint density at radius 3 is 2.44 bits per heavy atom. The second-order valence-electron chi connectivity index (χ2n) is 6.32. The highest BCUT2D eigenvalue weighted by atomic mass is 19.1. The van der Waals surface area contributed by atoms with E-state index in [0.717, 1.165) is 16.9 Å². The molecule has 2 amide bonds. The predicted octanol–water partition coefficient (Wildman–Crippen LogP) is 1.28. The number of nitrogens with zero attached hydrogens (tertiary/aromatic N) is 1. The summed E-state index contributed by atoms with van der Waals surface area (Å²) in [7, 11) is 3.17. The van der Waals surface area contributed by atoms with E-state index in [0.29, 0.717) is 23.7 Å². The molecule has 0 spiro atoms. The molecule has 1 saturated heterocycles. The van der Waals surface area contributed by atoms with E-state index >= 15 is 0 Å². The fourth-order valence-corrected chi connectivity index (χ4v) is 3.19. The summed E-state index contributed by atoms with van der Waals surface area (Å²) in [5.41, 5.74) is 1.46. The molecule has 3 rings (SSSR count). The minimum atomic E-state index is -0.456. The lowest BCUT2D eigenvalue weighted by Crippen LogP contribution is -2.92. The van der Waals surface area contributed by atoms with E-state index in [-0.39, 0.29) is 18.2 Å². The number of benzene rings is 2. The first-order valence-electron chi connectivity index (χ1n) is 8.70. The first-order valence-corrected chi connectivity index (χ1v) is 8.70. The molecule has 6 nitrogen and oxygen atoms in total. The third-order valence-electron chi connectivity index (χ3n) is 4.60. The van der Waals surface area contributed by atoms with Crippen molar-refractivity contribution in [3.05, 3.63) is 53.8 Å². The Bertz CT molecular complexity index is 838. The van der Waals surface area contributed by atoms with Crippen LogP contribution in [0, 0.1) is 5.82 Å². The minimum absolute atomic E-state index is 0.141. The van der Waals surface area contributed by atoms with Crippen LogP contribution in [0.2, 0.25) is 0 Å². The summed E-state index contributed by atoms with van der Waals surface area (Å²) in [4.78, 5) is 25.9. The van der Waals surface area contributed by atoms with Gasteiger partial charge in [-0.1, -0.05) is 6.07 Å². The van der Waals surface area contributed by atoms with Crippen LogP contribution in [0.5, 0.6) is 11.5 Å². The highest BCUT2D eigenvalue weighted by Gasteiger charge is 2.42. The van der Waals surface area contributed by atoms with Crippen LogP contribution in [0.4, 0.5) is 10.1 Å². The van der Waals surface area contributed by atoms with E-state index < -0.39 is 11.9 Å². The molecule has 1 unspecified atom stereocenters. The van der Waals surface area contributed by atoms with E-state index in [1.165, 1.54) is 24.3 Å². The number of hydrogen-bond donors (Lipinski definition) is 1. The molecule has 0 aromatic heterocycles. The van der Waals surface area contributed by atoms with E-state index in [2.05, 4.69) is 0 Å². The number of halogens is 1. The summed E-state index contributed by atoms with van der Waals surface area (Å²) >= 11 is 0. The van der Waals surface area contributed by atoms with Crippen LogP contribution in [-0.4, -0.2) is 38.6 Å². The second kappa shape index (κ2) is 8.18. The molecule has 1 aliphatic rings. The van der Waals surface area contributed by atoms with Crippen molar-refractivity contribution in [2.75, 3.05) is 25.7 Å². The van der Waals surface area contributed by atoms with Gasteiger partial charge in [0, 0.05) is 6.42 Å². The van der Waals surface area contributed by atoms with Gasteiger partial charge < -0.3 is 14.8 Å². The van der Waals surface area contributed by atoms with Gasteiger partial charge in [-0.05, 0) is 42.0 Å². The topological polar surface area (TPSA) is 72.5 Å². The van der Waals surface area contributed by atoms with E-state index in [9.17, 15) is 14.0 Å². The maximum absolute atomic E-state index is 13.1. The maximum Gasteiger partial charge on any atom is 0.292 e. The van der Waals surface area contributed by atoms with Gasteiger partial charge in [-0.2, -0.15) is 0 Å². The second-order valence-corrected chi connectivity index (χ2v) is 6.32. The van der Waals surface area contributed by atoms with Crippen molar-refractivity contribution in [1.29, 1.82) is 0 Å². The minimum Gasteiger partial charge on any atom is -0.493 e. The van der Waals surface area contributed by atoms with Crippen LogP contribution >= 0.6 is 0 Å². The normalized spacial score (nSPS) is 16.7. The summed E-state index contributed by atoms with van der Waals surface area (Å²) in [5, 5.41) is 1.88. The van der Waals surface area contributed by atoms with Crippen LogP contribution in [0.25, 0.3) is 0 Å². The summed E-state index contributed by atoms with van der Waals surface area (Å²) in [6.45, 7) is 0.649. The first kappa shape index (κ1) is 18.8. The highest BCUT2D eigenvalue weighted by molar-refractivity contribution is 6.21. The molecular weight excluding hydrogens is 351 g/mol. The van der Waals surface area contributed by atoms with Gasteiger partial charge in [-0.25, -0.2) is 9.29 Å². The van der Waals surface area contributed by atoms with Crippen molar-refractivity contribution >= 4 is 17.5 Å². The van der Waals surface area contributed by atoms with E-state index in [4.69, 9.17) is 9.47 Å². The SMILES string of the molecule is COc1ccc(CC[NH2+]C2CC(=O)N(c3ccc(F)cc3)C2=O)cc1OC. The quantitative estimate of drug-likeness (QED) is 0.742. The Morgan fingerprint density at radius 1 is 1.07 bits per heavy atom. The number of quaternary nitrogens is 1. The molecule has 1 atom stereocenters. The summed E-state index contributed by atoms with van der Waals surface area (Å²) in [6.07, 6.45) is 0.858. The number of imide groups is 1. The lowest BCUT2D eigenvalue weighted by molar-refractivity contribution is -0.674. The van der Waals surface area contributed by atoms with Gasteiger partial charge in [0.25, 0.3) is 5.91 Å². The Labute approximate surface area is 156 Å². The molecular formula is C20H22FN2O4+. The van der Waals surface area contributed by atoms with Gasteiger partial charge >= 0.3 is 0 Å². The number of carbonyl (C=O) groups is 2. The molecule has 2 N–H and O–H groups in total. The number of anilines is 1. The van der Waals surface area contributed by atoms with Crippen molar-refractivity contribution in [3.63, 3.8) is 0 Å². The molecule has 2 aromatic carbocycles. The van der Waals surface area contributed by atoms with Crippen LogP contribution in [-0.2, 0) is 16.0 Å². The lowest BCUT2D eigenvalue weighted by atomic mass is 10.1. The molecule has 1 heterocycles. The summed E-state index contributed by atoms with van der Waals surface area (Å²) < 4.78 is 23.6. The fraction of sp³-hybridized carbons (Fsp3) is 0.300. The molecule has 1 fully saturated rings. The van der Waals surface area contributed by atoms with Crippen LogP contribution in [0.15, 0.2) is 42.5 Å². The van der Waals surface area contributed by atoms with Gasteiger partial charge in [0.1, 0.15) is 5.82 Å².